The van der Waals surface area contributed by atoms with Crippen LogP contribution >= 0.6 is 0 Å². The molecule has 18 heavy (non-hydrogen) atoms. The van der Waals surface area contributed by atoms with E-state index >= 15 is 0 Å². The van der Waals surface area contributed by atoms with Crippen molar-refractivity contribution in [1.82, 2.24) is 5.32 Å². The average Bonchev–Trinajstić information content (AvgIpc) is 2.35. The lowest BCUT2D eigenvalue weighted by molar-refractivity contribution is 0.0995. The molecule has 2 N–H and O–H groups in total. The van der Waals surface area contributed by atoms with Gasteiger partial charge in [-0.25, -0.2) is 0 Å². The van der Waals surface area contributed by atoms with E-state index in [4.69, 9.17) is 10.00 Å². The van der Waals surface area contributed by atoms with E-state index in [-0.39, 0.29) is 6.61 Å². The van der Waals surface area contributed by atoms with Crippen molar-refractivity contribution in [3.63, 3.8) is 0 Å². The van der Waals surface area contributed by atoms with Gasteiger partial charge in [0.05, 0.1) is 5.56 Å². The quantitative estimate of drug-likeness (QED) is 0.797. The molecular weight excluding hydrogens is 228 g/mol. The van der Waals surface area contributed by atoms with Gasteiger partial charge in [-0.2, -0.15) is 5.26 Å². The van der Waals surface area contributed by atoms with Gasteiger partial charge in [0.15, 0.2) is 0 Å². The molecule has 1 saturated carbocycles. The van der Waals surface area contributed by atoms with E-state index in [0.29, 0.717) is 23.9 Å². The minimum atomic E-state index is -0.544. The Kier molecular flexibility index (Phi) is 4.57. The zero-order valence-corrected chi connectivity index (χ0v) is 10.3. The fourth-order valence-electron chi connectivity index (χ4n) is 1.84. The fourth-order valence-corrected chi connectivity index (χ4v) is 1.84. The first-order valence-electron chi connectivity index (χ1n) is 6.33. The Morgan fingerprint density at radius 2 is 2.22 bits per heavy atom. The topological polar surface area (TPSA) is 65.3 Å². The van der Waals surface area contributed by atoms with E-state index in [2.05, 4.69) is 11.4 Å². The van der Waals surface area contributed by atoms with Gasteiger partial charge in [0.2, 0.25) is 0 Å². The van der Waals surface area contributed by atoms with Gasteiger partial charge in [-0.1, -0.05) is 18.6 Å². The van der Waals surface area contributed by atoms with Crippen LogP contribution in [0.1, 0.15) is 24.8 Å². The SMILES string of the molecule is N#Cc1ccccc1OCC(O)CNC1CCC1. The van der Waals surface area contributed by atoms with Crippen LogP contribution in [-0.2, 0) is 0 Å². The normalized spacial score (nSPS) is 16.7. The summed E-state index contributed by atoms with van der Waals surface area (Å²) >= 11 is 0. The number of rotatable bonds is 6. The van der Waals surface area contributed by atoms with Crippen LogP contribution < -0.4 is 10.1 Å². The van der Waals surface area contributed by atoms with Crippen molar-refractivity contribution in [3.8, 4) is 11.8 Å². The molecule has 1 aromatic carbocycles. The van der Waals surface area contributed by atoms with Gasteiger partial charge >= 0.3 is 0 Å². The molecule has 1 aromatic rings. The summed E-state index contributed by atoms with van der Waals surface area (Å²) < 4.78 is 5.46. The van der Waals surface area contributed by atoms with Crippen LogP contribution in [0.3, 0.4) is 0 Å². The standard InChI is InChI=1S/C14H18N2O2/c15-8-11-4-1-2-7-14(11)18-10-13(17)9-16-12-5-3-6-12/h1-2,4,7,12-13,16-17H,3,5-6,9-10H2. The van der Waals surface area contributed by atoms with E-state index < -0.39 is 6.10 Å². The van der Waals surface area contributed by atoms with E-state index in [0.717, 1.165) is 0 Å². The van der Waals surface area contributed by atoms with Crippen molar-refractivity contribution >= 4 is 0 Å². The van der Waals surface area contributed by atoms with Crippen LogP contribution in [-0.4, -0.2) is 30.4 Å². The molecule has 96 valence electrons. The van der Waals surface area contributed by atoms with Gasteiger partial charge in [-0.3, -0.25) is 0 Å². The lowest BCUT2D eigenvalue weighted by Gasteiger charge is -2.27. The van der Waals surface area contributed by atoms with Crippen LogP contribution in [0.4, 0.5) is 0 Å². The Morgan fingerprint density at radius 1 is 1.44 bits per heavy atom. The molecule has 4 heteroatoms. The second-order valence-electron chi connectivity index (χ2n) is 4.61. The van der Waals surface area contributed by atoms with Gasteiger partial charge < -0.3 is 15.2 Å². The van der Waals surface area contributed by atoms with E-state index in [1.165, 1.54) is 19.3 Å². The largest absolute Gasteiger partial charge is 0.489 e. The molecule has 0 amide bonds. The number of para-hydroxylation sites is 1. The number of nitriles is 1. The Hall–Kier alpha value is -1.57. The maximum absolute atomic E-state index is 9.77. The Morgan fingerprint density at radius 3 is 2.89 bits per heavy atom. The molecule has 0 aliphatic heterocycles. The number of nitrogens with one attached hydrogen (secondary N) is 1. The second-order valence-corrected chi connectivity index (χ2v) is 4.61. The van der Waals surface area contributed by atoms with Crippen LogP contribution in [0.2, 0.25) is 0 Å². The number of hydrogen-bond acceptors (Lipinski definition) is 4. The third kappa shape index (κ3) is 3.46. The molecular formula is C14H18N2O2. The first-order chi connectivity index (χ1) is 8.79. The predicted octanol–water partition coefficient (Wildman–Crippen LogP) is 1.44. The lowest BCUT2D eigenvalue weighted by Crippen LogP contribution is -2.41. The highest BCUT2D eigenvalue weighted by atomic mass is 16.5. The third-order valence-electron chi connectivity index (χ3n) is 3.19. The van der Waals surface area contributed by atoms with Crippen molar-refractivity contribution < 1.29 is 9.84 Å². The first-order valence-corrected chi connectivity index (χ1v) is 6.33. The second kappa shape index (κ2) is 6.39. The fraction of sp³-hybridized carbons (Fsp3) is 0.500. The summed E-state index contributed by atoms with van der Waals surface area (Å²) in [5.74, 6) is 0.530. The van der Waals surface area contributed by atoms with Crippen LogP contribution in [0.25, 0.3) is 0 Å². The molecule has 0 heterocycles. The molecule has 0 spiro atoms. The minimum Gasteiger partial charge on any atom is -0.489 e. The van der Waals surface area contributed by atoms with Gasteiger partial charge in [-0.05, 0) is 25.0 Å². The van der Waals surface area contributed by atoms with E-state index in [9.17, 15) is 5.11 Å². The van der Waals surface area contributed by atoms with E-state index in [1.807, 2.05) is 6.07 Å². The lowest BCUT2D eigenvalue weighted by atomic mass is 9.93. The van der Waals surface area contributed by atoms with Crippen molar-refractivity contribution in [3.05, 3.63) is 29.8 Å². The van der Waals surface area contributed by atoms with Gasteiger partial charge in [-0.15, -0.1) is 0 Å². The third-order valence-corrected chi connectivity index (χ3v) is 3.19. The summed E-state index contributed by atoms with van der Waals surface area (Å²) in [6, 6.07) is 9.68. The van der Waals surface area contributed by atoms with Gasteiger partial charge in [0.25, 0.3) is 0 Å². The van der Waals surface area contributed by atoms with Crippen LogP contribution in [0.15, 0.2) is 24.3 Å². The molecule has 0 bridgehead atoms. The zero-order chi connectivity index (χ0) is 12.8. The van der Waals surface area contributed by atoms with Crippen molar-refractivity contribution in [2.75, 3.05) is 13.2 Å². The summed E-state index contributed by atoms with van der Waals surface area (Å²) in [5, 5.41) is 22.0. The minimum absolute atomic E-state index is 0.207. The maximum Gasteiger partial charge on any atom is 0.137 e. The molecule has 0 aromatic heterocycles. The Bertz CT molecular complexity index is 424. The number of ether oxygens (including phenoxy) is 1. The van der Waals surface area contributed by atoms with Gasteiger partial charge in [0, 0.05) is 12.6 Å². The highest BCUT2D eigenvalue weighted by Crippen LogP contribution is 2.18. The van der Waals surface area contributed by atoms with Crippen LogP contribution in [0.5, 0.6) is 5.75 Å². The van der Waals surface area contributed by atoms with Crippen molar-refractivity contribution in [2.24, 2.45) is 0 Å². The summed E-state index contributed by atoms with van der Waals surface area (Å²) in [4.78, 5) is 0. The zero-order valence-electron chi connectivity index (χ0n) is 10.3. The average molecular weight is 246 g/mol. The summed E-state index contributed by atoms with van der Waals surface area (Å²) in [7, 11) is 0. The van der Waals surface area contributed by atoms with Crippen LogP contribution in [0, 0.1) is 11.3 Å². The number of aliphatic hydroxyl groups excluding tert-OH is 1. The number of nitrogens with zero attached hydrogens (tertiary/aromatic N) is 1. The molecule has 0 radical (unpaired) electrons. The van der Waals surface area contributed by atoms with E-state index in [1.54, 1.807) is 18.2 Å². The van der Waals surface area contributed by atoms with Crippen molar-refractivity contribution in [2.45, 2.75) is 31.4 Å². The molecule has 1 fully saturated rings. The molecule has 2 rings (SSSR count). The first kappa shape index (κ1) is 12.9. The maximum atomic E-state index is 9.77. The number of aliphatic hydroxyl groups is 1. The molecule has 1 aliphatic rings. The smallest absolute Gasteiger partial charge is 0.137 e. The number of hydrogen-bond donors (Lipinski definition) is 2. The highest BCUT2D eigenvalue weighted by molar-refractivity contribution is 5.42. The molecule has 1 unspecified atom stereocenters. The molecule has 0 saturated heterocycles. The Labute approximate surface area is 107 Å². The molecule has 4 nitrogen and oxygen atoms in total. The molecule has 1 aliphatic carbocycles. The monoisotopic (exact) mass is 246 g/mol. The summed E-state index contributed by atoms with van der Waals surface area (Å²) in [6.07, 6.45) is 3.13. The number of benzene rings is 1. The predicted molar refractivity (Wildman–Crippen MR) is 68.3 cm³/mol. The van der Waals surface area contributed by atoms with Gasteiger partial charge in [0.1, 0.15) is 24.5 Å². The molecule has 1 atom stereocenters. The summed E-state index contributed by atoms with van der Waals surface area (Å²) in [6.45, 7) is 0.748. The Balaban J connectivity index is 1.74. The highest BCUT2D eigenvalue weighted by Gasteiger charge is 2.17. The summed E-state index contributed by atoms with van der Waals surface area (Å²) in [5.41, 5.74) is 0.497. The van der Waals surface area contributed by atoms with Crippen molar-refractivity contribution in [1.29, 1.82) is 5.26 Å².